The van der Waals surface area contributed by atoms with Crippen LogP contribution in [0.3, 0.4) is 0 Å². The second-order valence-corrected chi connectivity index (χ2v) is 5.82. The maximum absolute atomic E-state index is 12.4. The lowest BCUT2D eigenvalue weighted by molar-refractivity contribution is 0.0471. The molecule has 0 atom stereocenters. The summed E-state index contributed by atoms with van der Waals surface area (Å²) in [7, 11) is 1.59. The van der Waals surface area contributed by atoms with Crippen LogP contribution in [-0.4, -0.2) is 24.0 Å². The van der Waals surface area contributed by atoms with Gasteiger partial charge in [0.25, 0.3) is 0 Å². The quantitative estimate of drug-likeness (QED) is 0.714. The fourth-order valence-electron chi connectivity index (χ4n) is 2.57. The van der Waals surface area contributed by atoms with E-state index < -0.39 is 11.9 Å². The molecule has 6 nitrogen and oxygen atoms in total. The Kier molecular flexibility index (Phi) is 4.84. The molecule has 0 radical (unpaired) electrons. The standard InChI is InChI=1S/C20H18N2O4/c1-12-17(9-15-7-8-16(25-2)10-18(15)22-12)20(24)26-11-13-3-5-14(6-4-13)19(21)23/h3-10H,11H2,1-2H3,(H2,21,23). The van der Waals surface area contributed by atoms with Gasteiger partial charge in [0.15, 0.2) is 0 Å². The van der Waals surface area contributed by atoms with E-state index in [0.29, 0.717) is 22.6 Å². The number of aromatic nitrogens is 1. The zero-order valence-corrected chi connectivity index (χ0v) is 14.5. The Balaban J connectivity index is 1.76. The molecule has 26 heavy (non-hydrogen) atoms. The molecule has 1 amide bonds. The number of nitrogens with two attached hydrogens (primary N) is 1. The van der Waals surface area contributed by atoms with Crippen molar-refractivity contribution >= 4 is 22.8 Å². The first kappa shape index (κ1) is 17.4. The van der Waals surface area contributed by atoms with E-state index in [9.17, 15) is 9.59 Å². The Labute approximate surface area is 150 Å². The molecule has 2 N–H and O–H groups in total. The molecule has 0 unspecified atom stereocenters. The third-order valence-electron chi connectivity index (χ3n) is 4.04. The predicted octanol–water partition coefficient (Wildman–Crippen LogP) is 3.01. The smallest absolute Gasteiger partial charge is 0.340 e. The molecule has 0 spiro atoms. The molecule has 3 aromatic rings. The number of hydrogen-bond donors (Lipinski definition) is 1. The third kappa shape index (κ3) is 3.64. The monoisotopic (exact) mass is 350 g/mol. The van der Waals surface area contributed by atoms with Gasteiger partial charge in [0, 0.05) is 17.0 Å². The van der Waals surface area contributed by atoms with Crippen molar-refractivity contribution in [2.75, 3.05) is 7.11 Å². The number of aryl methyl sites for hydroxylation is 1. The lowest BCUT2D eigenvalue weighted by Gasteiger charge is -2.09. The highest BCUT2D eigenvalue weighted by molar-refractivity contribution is 5.95. The van der Waals surface area contributed by atoms with Gasteiger partial charge in [0.1, 0.15) is 12.4 Å². The highest BCUT2D eigenvalue weighted by Gasteiger charge is 2.14. The summed E-state index contributed by atoms with van der Waals surface area (Å²) < 4.78 is 10.6. The highest BCUT2D eigenvalue weighted by Crippen LogP contribution is 2.22. The first-order valence-corrected chi connectivity index (χ1v) is 7.99. The van der Waals surface area contributed by atoms with Crippen LogP contribution >= 0.6 is 0 Å². The SMILES string of the molecule is COc1ccc2cc(C(=O)OCc3ccc(C(N)=O)cc3)c(C)nc2c1. The number of fused-ring (bicyclic) bond motifs is 1. The number of rotatable bonds is 5. The second-order valence-electron chi connectivity index (χ2n) is 5.82. The van der Waals surface area contributed by atoms with E-state index in [1.54, 1.807) is 44.4 Å². The number of benzene rings is 2. The first-order chi connectivity index (χ1) is 12.5. The van der Waals surface area contributed by atoms with Crippen LogP contribution < -0.4 is 10.5 Å². The molecular weight excluding hydrogens is 332 g/mol. The summed E-state index contributed by atoms with van der Waals surface area (Å²) in [6.07, 6.45) is 0. The van der Waals surface area contributed by atoms with Crippen molar-refractivity contribution in [1.82, 2.24) is 4.98 Å². The van der Waals surface area contributed by atoms with Gasteiger partial charge in [-0.2, -0.15) is 0 Å². The minimum atomic E-state index is -0.497. The molecule has 1 aromatic heterocycles. The van der Waals surface area contributed by atoms with Crippen LogP contribution in [0.2, 0.25) is 0 Å². The number of methoxy groups -OCH3 is 1. The highest BCUT2D eigenvalue weighted by atomic mass is 16.5. The van der Waals surface area contributed by atoms with Gasteiger partial charge in [-0.05, 0) is 42.8 Å². The average molecular weight is 350 g/mol. The van der Waals surface area contributed by atoms with E-state index >= 15 is 0 Å². The van der Waals surface area contributed by atoms with Gasteiger partial charge < -0.3 is 15.2 Å². The fourth-order valence-corrected chi connectivity index (χ4v) is 2.57. The van der Waals surface area contributed by atoms with E-state index in [-0.39, 0.29) is 6.61 Å². The Bertz CT molecular complexity index is 981. The zero-order valence-electron chi connectivity index (χ0n) is 14.5. The van der Waals surface area contributed by atoms with Gasteiger partial charge >= 0.3 is 5.97 Å². The summed E-state index contributed by atoms with van der Waals surface area (Å²) in [5.41, 5.74) is 8.12. The largest absolute Gasteiger partial charge is 0.497 e. The van der Waals surface area contributed by atoms with Crippen LogP contribution in [0, 0.1) is 6.92 Å². The van der Waals surface area contributed by atoms with Gasteiger partial charge in [-0.3, -0.25) is 9.78 Å². The summed E-state index contributed by atoms with van der Waals surface area (Å²) >= 11 is 0. The first-order valence-electron chi connectivity index (χ1n) is 7.99. The molecule has 6 heteroatoms. The van der Waals surface area contributed by atoms with Gasteiger partial charge in [-0.15, -0.1) is 0 Å². The van der Waals surface area contributed by atoms with Crippen LogP contribution in [0.25, 0.3) is 10.9 Å². The molecule has 0 bridgehead atoms. The van der Waals surface area contributed by atoms with E-state index in [1.165, 1.54) is 0 Å². The molecule has 2 aromatic carbocycles. The minimum absolute atomic E-state index is 0.0952. The Morgan fingerprint density at radius 2 is 1.81 bits per heavy atom. The molecule has 0 aliphatic carbocycles. The second kappa shape index (κ2) is 7.23. The number of nitrogens with zero attached hydrogens (tertiary/aromatic N) is 1. The average Bonchev–Trinajstić information content (AvgIpc) is 2.65. The van der Waals surface area contributed by atoms with Crippen LogP contribution in [-0.2, 0) is 11.3 Å². The maximum atomic E-state index is 12.4. The van der Waals surface area contributed by atoms with Crippen LogP contribution in [0.1, 0.15) is 32.0 Å². The van der Waals surface area contributed by atoms with Crippen molar-refractivity contribution in [3.8, 4) is 5.75 Å². The molecule has 132 valence electrons. The van der Waals surface area contributed by atoms with Gasteiger partial charge in [-0.25, -0.2) is 4.79 Å². The summed E-state index contributed by atoms with van der Waals surface area (Å²) in [4.78, 5) is 27.9. The van der Waals surface area contributed by atoms with Crippen LogP contribution in [0.15, 0.2) is 48.5 Å². The van der Waals surface area contributed by atoms with Crippen molar-refractivity contribution in [1.29, 1.82) is 0 Å². The number of carbonyl (C=O) groups is 2. The number of primary amides is 1. The molecule has 0 aliphatic rings. The molecular formula is C20H18N2O4. The topological polar surface area (TPSA) is 91.5 Å². The number of carbonyl (C=O) groups excluding carboxylic acids is 2. The van der Waals surface area contributed by atoms with Crippen molar-refractivity contribution in [3.05, 3.63) is 70.9 Å². The van der Waals surface area contributed by atoms with Crippen molar-refractivity contribution < 1.29 is 19.1 Å². The molecule has 0 saturated heterocycles. The molecule has 0 saturated carbocycles. The molecule has 1 heterocycles. The third-order valence-corrected chi connectivity index (χ3v) is 4.04. The molecule has 0 aliphatic heterocycles. The lowest BCUT2D eigenvalue weighted by Crippen LogP contribution is -2.11. The number of amides is 1. The summed E-state index contributed by atoms with van der Waals surface area (Å²) in [5.74, 6) is -0.242. The Hall–Kier alpha value is -3.41. The maximum Gasteiger partial charge on any atom is 0.340 e. The summed E-state index contributed by atoms with van der Waals surface area (Å²) in [6.45, 7) is 1.86. The van der Waals surface area contributed by atoms with E-state index in [4.69, 9.17) is 15.2 Å². The number of hydrogen-bond acceptors (Lipinski definition) is 5. The van der Waals surface area contributed by atoms with Gasteiger partial charge in [-0.1, -0.05) is 12.1 Å². The van der Waals surface area contributed by atoms with Crippen LogP contribution in [0.5, 0.6) is 5.75 Å². The fraction of sp³-hybridized carbons (Fsp3) is 0.150. The normalized spacial score (nSPS) is 10.5. The number of pyridine rings is 1. The zero-order chi connectivity index (χ0) is 18.7. The number of ether oxygens (including phenoxy) is 2. The van der Waals surface area contributed by atoms with E-state index in [1.807, 2.05) is 18.2 Å². The van der Waals surface area contributed by atoms with E-state index in [2.05, 4.69) is 4.98 Å². The number of esters is 1. The Morgan fingerprint density at radius 3 is 2.46 bits per heavy atom. The van der Waals surface area contributed by atoms with Gasteiger partial charge in [0.2, 0.25) is 5.91 Å². The lowest BCUT2D eigenvalue weighted by atomic mass is 10.1. The van der Waals surface area contributed by atoms with Gasteiger partial charge in [0.05, 0.1) is 23.9 Å². The van der Waals surface area contributed by atoms with Crippen LogP contribution in [0.4, 0.5) is 0 Å². The van der Waals surface area contributed by atoms with Crippen molar-refractivity contribution in [2.24, 2.45) is 5.73 Å². The molecule has 3 rings (SSSR count). The Morgan fingerprint density at radius 1 is 1.08 bits per heavy atom. The van der Waals surface area contributed by atoms with E-state index in [0.717, 1.165) is 16.5 Å². The predicted molar refractivity (Wildman–Crippen MR) is 97.1 cm³/mol. The van der Waals surface area contributed by atoms with Crippen molar-refractivity contribution in [2.45, 2.75) is 13.5 Å². The minimum Gasteiger partial charge on any atom is -0.497 e. The summed E-state index contributed by atoms with van der Waals surface area (Å²) in [5, 5.41) is 0.828. The summed E-state index contributed by atoms with van der Waals surface area (Å²) in [6, 6.07) is 13.8. The van der Waals surface area contributed by atoms with Crippen molar-refractivity contribution in [3.63, 3.8) is 0 Å². The molecule has 0 fully saturated rings.